The largest absolute Gasteiger partial charge is 0.292 e. The van der Waals surface area contributed by atoms with Gasteiger partial charge < -0.3 is 0 Å². The molecule has 0 saturated carbocycles. The molecule has 2 rings (SSSR count). The van der Waals surface area contributed by atoms with Crippen LogP contribution in [0.1, 0.15) is 16.1 Å². The smallest absolute Gasteiger partial charge is 0.184 e. The van der Waals surface area contributed by atoms with Crippen LogP contribution in [0.2, 0.25) is 5.02 Å². The van der Waals surface area contributed by atoms with Crippen molar-refractivity contribution in [1.29, 1.82) is 0 Å². The predicted molar refractivity (Wildman–Crippen MR) is 62.7 cm³/mol. The van der Waals surface area contributed by atoms with E-state index in [1.54, 1.807) is 35.1 Å². The van der Waals surface area contributed by atoms with Crippen LogP contribution in [0.15, 0.2) is 36.5 Å². The molecular formula is C12H11ClN2O. The van der Waals surface area contributed by atoms with E-state index in [1.807, 2.05) is 13.0 Å². The molecule has 0 saturated heterocycles. The molecule has 0 aliphatic rings. The average molecular weight is 235 g/mol. The second kappa shape index (κ2) is 4.49. The zero-order valence-electron chi connectivity index (χ0n) is 8.85. The third kappa shape index (κ3) is 2.49. The van der Waals surface area contributed by atoms with Crippen LogP contribution in [0.5, 0.6) is 0 Å². The first kappa shape index (κ1) is 10.9. The average Bonchev–Trinajstić information content (AvgIpc) is 2.65. The molecule has 1 aromatic carbocycles. The van der Waals surface area contributed by atoms with Crippen LogP contribution >= 0.6 is 11.6 Å². The summed E-state index contributed by atoms with van der Waals surface area (Å²) in [5.41, 5.74) is 1.56. The van der Waals surface area contributed by atoms with E-state index in [2.05, 4.69) is 5.10 Å². The van der Waals surface area contributed by atoms with Gasteiger partial charge in [0, 0.05) is 16.8 Å². The summed E-state index contributed by atoms with van der Waals surface area (Å²) in [6.45, 7) is 2.15. The third-order valence-corrected chi connectivity index (χ3v) is 2.50. The zero-order chi connectivity index (χ0) is 11.5. The Morgan fingerprint density at radius 3 is 2.56 bits per heavy atom. The van der Waals surface area contributed by atoms with Crippen molar-refractivity contribution >= 4 is 17.4 Å². The van der Waals surface area contributed by atoms with Gasteiger partial charge in [-0.25, -0.2) is 0 Å². The molecule has 2 aromatic rings. The van der Waals surface area contributed by atoms with Gasteiger partial charge in [0.2, 0.25) is 0 Å². The lowest BCUT2D eigenvalue weighted by Gasteiger charge is -2.01. The Balaban J connectivity index is 2.11. The maximum Gasteiger partial charge on any atom is 0.184 e. The third-order valence-electron chi connectivity index (χ3n) is 2.25. The maximum atomic E-state index is 11.8. The van der Waals surface area contributed by atoms with Crippen LogP contribution < -0.4 is 0 Å². The van der Waals surface area contributed by atoms with Gasteiger partial charge in [-0.05, 0) is 37.3 Å². The first-order chi connectivity index (χ1) is 7.65. The highest BCUT2D eigenvalue weighted by molar-refractivity contribution is 6.30. The molecule has 3 nitrogen and oxygen atoms in total. The van der Waals surface area contributed by atoms with Gasteiger partial charge in [-0.3, -0.25) is 9.48 Å². The highest BCUT2D eigenvalue weighted by Gasteiger charge is 2.06. The minimum Gasteiger partial charge on any atom is -0.292 e. The second-order valence-corrected chi connectivity index (χ2v) is 4.02. The Hall–Kier alpha value is -1.61. The van der Waals surface area contributed by atoms with Crippen molar-refractivity contribution in [2.75, 3.05) is 0 Å². The van der Waals surface area contributed by atoms with Crippen LogP contribution in [-0.2, 0) is 6.54 Å². The van der Waals surface area contributed by atoms with Crippen molar-refractivity contribution in [3.63, 3.8) is 0 Å². The van der Waals surface area contributed by atoms with E-state index in [0.717, 1.165) is 5.69 Å². The Morgan fingerprint density at radius 2 is 2.00 bits per heavy atom. The lowest BCUT2D eigenvalue weighted by atomic mass is 10.1. The topological polar surface area (TPSA) is 34.9 Å². The number of carbonyl (C=O) groups excluding carboxylic acids is 1. The summed E-state index contributed by atoms with van der Waals surface area (Å²) in [7, 11) is 0. The van der Waals surface area contributed by atoms with Crippen molar-refractivity contribution in [2.24, 2.45) is 0 Å². The molecule has 0 aliphatic heterocycles. The van der Waals surface area contributed by atoms with Gasteiger partial charge in [-0.1, -0.05) is 11.6 Å². The number of benzene rings is 1. The zero-order valence-corrected chi connectivity index (χ0v) is 9.61. The highest BCUT2D eigenvalue weighted by Crippen LogP contribution is 2.10. The molecule has 0 spiro atoms. The number of aryl methyl sites for hydroxylation is 1. The molecule has 0 atom stereocenters. The predicted octanol–water partition coefficient (Wildman–Crippen LogP) is 2.73. The summed E-state index contributed by atoms with van der Waals surface area (Å²) < 4.78 is 1.63. The Bertz CT molecular complexity index is 502. The van der Waals surface area contributed by atoms with E-state index >= 15 is 0 Å². The molecule has 82 valence electrons. The van der Waals surface area contributed by atoms with Crippen LogP contribution in [0.3, 0.4) is 0 Å². The number of halogens is 1. The molecule has 0 unspecified atom stereocenters. The quantitative estimate of drug-likeness (QED) is 0.766. The minimum absolute atomic E-state index is 0.0276. The number of ketones is 1. The maximum absolute atomic E-state index is 11.8. The van der Waals surface area contributed by atoms with Crippen LogP contribution in [0.4, 0.5) is 0 Å². The Morgan fingerprint density at radius 1 is 1.31 bits per heavy atom. The second-order valence-electron chi connectivity index (χ2n) is 3.58. The fraction of sp³-hybridized carbons (Fsp3) is 0.167. The number of aromatic nitrogens is 2. The van der Waals surface area contributed by atoms with Crippen molar-refractivity contribution in [3.05, 3.63) is 52.8 Å². The van der Waals surface area contributed by atoms with E-state index in [0.29, 0.717) is 10.6 Å². The molecule has 0 aliphatic carbocycles. The standard InChI is InChI=1S/C12H11ClN2O/c1-9-6-7-15(14-9)8-12(16)10-2-4-11(13)5-3-10/h2-7H,8H2,1H3. The molecule has 4 heteroatoms. The normalized spacial score (nSPS) is 10.4. The van der Waals surface area contributed by atoms with Crippen LogP contribution in [0, 0.1) is 6.92 Å². The monoisotopic (exact) mass is 234 g/mol. The Kier molecular flexibility index (Phi) is 3.06. The number of nitrogens with zero attached hydrogens (tertiary/aromatic N) is 2. The van der Waals surface area contributed by atoms with Gasteiger partial charge in [0.05, 0.1) is 5.69 Å². The van der Waals surface area contributed by atoms with Gasteiger partial charge in [0.25, 0.3) is 0 Å². The number of rotatable bonds is 3. The molecule has 1 aromatic heterocycles. The number of carbonyl (C=O) groups is 1. The first-order valence-corrected chi connectivity index (χ1v) is 5.32. The van der Waals surface area contributed by atoms with Gasteiger partial charge in [0.15, 0.2) is 5.78 Å². The molecule has 0 bridgehead atoms. The summed E-state index contributed by atoms with van der Waals surface area (Å²) >= 11 is 5.75. The van der Waals surface area contributed by atoms with Crippen molar-refractivity contribution in [2.45, 2.75) is 13.5 Å². The number of Topliss-reactive ketones (excluding diaryl/α,β-unsaturated/α-hetero) is 1. The van der Waals surface area contributed by atoms with Crippen molar-refractivity contribution in [1.82, 2.24) is 9.78 Å². The van der Waals surface area contributed by atoms with Gasteiger partial charge in [0.1, 0.15) is 6.54 Å². The summed E-state index contributed by atoms with van der Waals surface area (Å²) in [4.78, 5) is 11.8. The minimum atomic E-state index is 0.0276. The SMILES string of the molecule is Cc1ccn(CC(=O)c2ccc(Cl)cc2)n1. The van der Waals surface area contributed by atoms with Gasteiger partial charge in [-0.15, -0.1) is 0 Å². The lowest BCUT2D eigenvalue weighted by Crippen LogP contribution is -2.10. The first-order valence-electron chi connectivity index (χ1n) is 4.94. The van der Waals surface area contributed by atoms with E-state index in [9.17, 15) is 4.79 Å². The molecule has 1 heterocycles. The van der Waals surface area contributed by atoms with Gasteiger partial charge >= 0.3 is 0 Å². The molecule has 16 heavy (non-hydrogen) atoms. The van der Waals surface area contributed by atoms with Crippen LogP contribution in [-0.4, -0.2) is 15.6 Å². The van der Waals surface area contributed by atoms with E-state index in [4.69, 9.17) is 11.6 Å². The van der Waals surface area contributed by atoms with Crippen molar-refractivity contribution in [3.8, 4) is 0 Å². The molecule has 0 amide bonds. The highest BCUT2D eigenvalue weighted by atomic mass is 35.5. The Labute approximate surface area is 98.7 Å². The number of hydrogen-bond donors (Lipinski definition) is 0. The number of hydrogen-bond acceptors (Lipinski definition) is 2. The summed E-state index contributed by atoms with van der Waals surface area (Å²) in [6, 6.07) is 8.74. The lowest BCUT2D eigenvalue weighted by molar-refractivity contribution is 0.0967. The van der Waals surface area contributed by atoms with E-state index < -0.39 is 0 Å². The van der Waals surface area contributed by atoms with Gasteiger partial charge in [-0.2, -0.15) is 5.10 Å². The fourth-order valence-electron chi connectivity index (χ4n) is 1.43. The molecule has 0 fully saturated rings. The molecule has 0 radical (unpaired) electrons. The summed E-state index contributed by atoms with van der Waals surface area (Å²) in [5.74, 6) is 0.0276. The van der Waals surface area contributed by atoms with E-state index in [-0.39, 0.29) is 12.3 Å². The molecular weight excluding hydrogens is 224 g/mol. The summed E-state index contributed by atoms with van der Waals surface area (Å²) in [5, 5.41) is 4.79. The molecule has 0 N–H and O–H groups in total. The van der Waals surface area contributed by atoms with E-state index in [1.165, 1.54) is 0 Å². The summed E-state index contributed by atoms with van der Waals surface area (Å²) in [6.07, 6.45) is 1.79. The van der Waals surface area contributed by atoms with Crippen molar-refractivity contribution < 1.29 is 4.79 Å². The van der Waals surface area contributed by atoms with Crippen LogP contribution in [0.25, 0.3) is 0 Å². The fourth-order valence-corrected chi connectivity index (χ4v) is 1.55.